The summed E-state index contributed by atoms with van der Waals surface area (Å²) in [6.45, 7) is 1.12. The molecule has 134 valence electrons. The quantitative estimate of drug-likeness (QED) is 0.700. The standard InChI is InChI=1S/C17H18ClFN2O2S2/c18-15-5-4-6-16(19)14(15)12-24-17-8-7-13(11-20-17)25(22,23)21-9-2-1-3-10-21/h4-8,11H,1-3,9-10,12H2. The second-order valence-electron chi connectivity index (χ2n) is 5.79. The van der Waals surface area contributed by atoms with Crippen molar-refractivity contribution in [1.29, 1.82) is 0 Å². The summed E-state index contributed by atoms with van der Waals surface area (Å²) in [7, 11) is -3.48. The van der Waals surface area contributed by atoms with Crippen LogP contribution >= 0.6 is 23.4 Å². The Morgan fingerprint density at radius 3 is 2.56 bits per heavy atom. The van der Waals surface area contributed by atoms with Crippen LogP contribution in [0.25, 0.3) is 0 Å². The lowest BCUT2D eigenvalue weighted by atomic mass is 10.2. The third kappa shape index (κ3) is 4.34. The Morgan fingerprint density at radius 2 is 1.92 bits per heavy atom. The van der Waals surface area contributed by atoms with E-state index in [9.17, 15) is 12.8 Å². The molecular formula is C17H18ClFN2O2S2. The number of thioether (sulfide) groups is 1. The Labute approximate surface area is 156 Å². The first-order chi connectivity index (χ1) is 12.0. The van der Waals surface area contributed by atoms with Gasteiger partial charge in [-0.2, -0.15) is 4.31 Å². The molecule has 25 heavy (non-hydrogen) atoms. The molecule has 1 saturated heterocycles. The molecule has 1 aromatic heterocycles. The van der Waals surface area contributed by atoms with Gasteiger partial charge in [-0.3, -0.25) is 0 Å². The van der Waals surface area contributed by atoms with Gasteiger partial charge in [0.1, 0.15) is 10.7 Å². The van der Waals surface area contributed by atoms with Crippen LogP contribution in [-0.2, 0) is 15.8 Å². The minimum absolute atomic E-state index is 0.197. The van der Waals surface area contributed by atoms with Crippen molar-refractivity contribution < 1.29 is 12.8 Å². The first-order valence-electron chi connectivity index (χ1n) is 8.00. The van der Waals surface area contributed by atoms with Crippen LogP contribution in [0, 0.1) is 5.82 Å². The molecule has 0 radical (unpaired) electrons. The predicted octanol–water partition coefficient (Wildman–Crippen LogP) is 4.34. The summed E-state index contributed by atoms with van der Waals surface area (Å²) in [5, 5.41) is 0.994. The fourth-order valence-corrected chi connectivity index (χ4v) is 5.32. The summed E-state index contributed by atoms with van der Waals surface area (Å²) in [5.41, 5.74) is 0.418. The molecule has 0 amide bonds. The highest BCUT2D eigenvalue weighted by molar-refractivity contribution is 7.98. The van der Waals surface area contributed by atoms with Gasteiger partial charge in [0.15, 0.2) is 0 Å². The van der Waals surface area contributed by atoms with Gasteiger partial charge < -0.3 is 0 Å². The second-order valence-corrected chi connectivity index (χ2v) is 9.13. The number of piperidine rings is 1. The number of halogens is 2. The van der Waals surface area contributed by atoms with Gasteiger partial charge in [0.2, 0.25) is 10.0 Å². The van der Waals surface area contributed by atoms with E-state index in [-0.39, 0.29) is 10.7 Å². The molecule has 0 spiro atoms. The Bertz CT molecular complexity index is 818. The van der Waals surface area contributed by atoms with Crippen LogP contribution in [0.3, 0.4) is 0 Å². The van der Waals surface area contributed by atoms with Crippen LogP contribution in [0.15, 0.2) is 46.5 Å². The molecule has 2 heterocycles. The highest BCUT2D eigenvalue weighted by Gasteiger charge is 2.26. The molecule has 0 unspecified atom stereocenters. The van der Waals surface area contributed by atoms with Crippen molar-refractivity contribution in [3.05, 3.63) is 52.9 Å². The third-order valence-electron chi connectivity index (χ3n) is 4.09. The molecule has 1 fully saturated rings. The average molecular weight is 401 g/mol. The largest absolute Gasteiger partial charge is 0.249 e. The number of benzene rings is 1. The highest BCUT2D eigenvalue weighted by atomic mass is 35.5. The lowest BCUT2D eigenvalue weighted by Crippen LogP contribution is -2.35. The van der Waals surface area contributed by atoms with Crippen LogP contribution in [0.2, 0.25) is 5.02 Å². The molecule has 0 bridgehead atoms. The molecule has 0 N–H and O–H groups in total. The van der Waals surface area contributed by atoms with Crippen LogP contribution in [0.1, 0.15) is 24.8 Å². The molecule has 0 aliphatic carbocycles. The molecule has 3 rings (SSSR count). The van der Waals surface area contributed by atoms with Gasteiger partial charge in [0, 0.05) is 35.6 Å². The first-order valence-corrected chi connectivity index (χ1v) is 10.8. The van der Waals surface area contributed by atoms with Crippen molar-refractivity contribution in [2.24, 2.45) is 0 Å². The topological polar surface area (TPSA) is 50.3 Å². The van der Waals surface area contributed by atoms with Gasteiger partial charge in [-0.25, -0.2) is 17.8 Å². The number of hydrogen-bond donors (Lipinski definition) is 0. The van der Waals surface area contributed by atoms with E-state index in [0.717, 1.165) is 19.3 Å². The van der Waals surface area contributed by atoms with E-state index < -0.39 is 10.0 Å². The number of pyridine rings is 1. The SMILES string of the molecule is O=S(=O)(c1ccc(SCc2c(F)cccc2Cl)nc1)N1CCCCC1. The number of rotatable bonds is 5. The zero-order valence-corrected chi connectivity index (χ0v) is 15.9. The molecule has 8 heteroatoms. The Balaban J connectivity index is 1.70. The maximum Gasteiger partial charge on any atom is 0.244 e. The van der Waals surface area contributed by atoms with Gasteiger partial charge in [0.25, 0.3) is 0 Å². The summed E-state index contributed by atoms with van der Waals surface area (Å²) in [6.07, 6.45) is 4.22. The maximum absolute atomic E-state index is 13.8. The van der Waals surface area contributed by atoms with Crippen molar-refractivity contribution in [2.45, 2.75) is 34.9 Å². The lowest BCUT2D eigenvalue weighted by molar-refractivity contribution is 0.346. The summed E-state index contributed by atoms with van der Waals surface area (Å²) in [5.74, 6) is -0.0270. The van der Waals surface area contributed by atoms with Crippen molar-refractivity contribution >= 4 is 33.4 Å². The Kier molecular flexibility index (Phi) is 5.99. The van der Waals surface area contributed by atoms with E-state index >= 15 is 0 Å². The van der Waals surface area contributed by atoms with Crippen molar-refractivity contribution in [3.8, 4) is 0 Å². The number of hydrogen-bond acceptors (Lipinski definition) is 4. The number of sulfonamides is 1. The lowest BCUT2D eigenvalue weighted by Gasteiger charge is -2.25. The van der Waals surface area contributed by atoms with Crippen LogP contribution < -0.4 is 0 Å². The predicted molar refractivity (Wildman–Crippen MR) is 97.8 cm³/mol. The smallest absolute Gasteiger partial charge is 0.244 e. The van der Waals surface area contributed by atoms with E-state index in [0.29, 0.717) is 34.5 Å². The van der Waals surface area contributed by atoms with Crippen LogP contribution in [0.5, 0.6) is 0 Å². The number of aromatic nitrogens is 1. The zero-order chi connectivity index (χ0) is 17.9. The van der Waals surface area contributed by atoms with Gasteiger partial charge >= 0.3 is 0 Å². The molecule has 1 aliphatic rings. The van der Waals surface area contributed by atoms with E-state index in [4.69, 9.17) is 11.6 Å². The van der Waals surface area contributed by atoms with E-state index in [1.165, 1.54) is 28.3 Å². The summed E-state index contributed by atoms with van der Waals surface area (Å²) < 4.78 is 40.4. The van der Waals surface area contributed by atoms with Crippen molar-refractivity contribution in [2.75, 3.05) is 13.1 Å². The van der Waals surface area contributed by atoms with Crippen molar-refractivity contribution in [1.82, 2.24) is 9.29 Å². The van der Waals surface area contributed by atoms with Gasteiger partial charge in [-0.15, -0.1) is 11.8 Å². The van der Waals surface area contributed by atoms with Crippen molar-refractivity contribution in [3.63, 3.8) is 0 Å². The Hall–Kier alpha value is -1.15. The molecule has 1 aliphatic heterocycles. The first kappa shape index (κ1) is 18.6. The minimum atomic E-state index is -3.48. The van der Waals surface area contributed by atoms with Gasteiger partial charge in [-0.1, -0.05) is 24.1 Å². The Morgan fingerprint density at radius 1 is 1.16 bits per heavy atom. The molecule has 0 atom stereocenters. The monoisotopic (exact) mass is 400 g/mol. The fourth-order valence-electron chi connectivity index (χ4n) is 2.68. The maximum atomic E-state index is 13.8. The average Bonchev–Trinajstić information content (AvgIpc) is 2.62. The molecular weight excluding hydrogens is 383 g/mol. The fraction of sp³-hybridized carbons (Fsp3) is 0.353. The normalized spacial score (nSPS) is 16.1. The second kappa shape index (κ2) is 8.03. The molecule has 4 nitrogen and oxygen atoms in total. The summed E-state index contributed by atoms with van der Waals surface area (Å²) >= 11 is 7.32. The summed E-state index contributed by atoms with van der Waals surface area (Å²) in [4.78, 5) is 4.40. The van der Waals surface area contributed by atoms with E-state index in [1.54, 1.807) is 24.3 Å². The zero-order valence-electron chi connectivity index (χ0n) is 13.5. The van der Waals surface area contributed by atoms with Crippen LogP contribution in [0.4, 0.5) is 4.39 Å². The summed E-state index contributed by atoms with van der Waals surface area (Å²) in [6, 6.07) is 7.77. The van der Waals surface area contributed by atoms with Gasteiger partial charge in [0.05, 0.1) is 5.03 Å². The molecule has 0 saturated carbocycles. The third-order valence-corrected chi connectivity index (χ3v) is 7.29. The van der Waals surface area contributed by atoms with Crippen LogP contribution in [-0.4, -0.2) is 30.8 Å². The van der Waals surface area contributed by atoms with E-state index in [1.807, 2.05) is 0 Å². The molecule has 1 aromatic carbocycles. The van der Waals surface area contributed by atoms with E-state index in [2.05, 4.69) is 4.98 Å². The highest BCUT2D eigenvalue weighted by Crippen LogP contribution is 2.28. The number of nitrogens with zero attached hydrogens (tertiary/aromatic N) is 2. The van der Waals surface area contributed by atoms with Gasteiger partial charge in [-0.05, 0) is 37.1 Å². The minimum Gasteiger partial charge on any atom is -0.249 e. The molecule has 2 aromatic rings.